The fraction of sp³-hybridized carbons (Fsp3) is 0.409. The highest BCUT2D eigenvalue weighted by molar-refractivity contribution is 7.20. The minimum absolute atomic E-state index is 0.0207. The first kappa shape index (κ1) is 20.6. The minimum atomic E-state index is 0.0207. The van der Waals surface area contributed by atoms with Gasteiger partial charge in [-0.25, -0.2) is 9.97 Å². The topological polar surface area (TPSA) is 87.6 Å². The van der Waals surface area contributed by atoms with E-state index in [0.29, 0.717) is 18.0 Å². The summed E-state index contributed by atoms with van der Waals surface area (Å²) in [5.74, 6) is 1.72. The van der Waals surface area contributed by atoms with Gasteiger partial charge in [-0.05, 0) is 48.9 Å². The number of methoxy groups -OCH3 is 1. The van der Waals surface area contributed by atoms with Gasteiger partial charge in [-0.15, -0.1) is 11.3 Å². The van der Waals surface area contributed by atoms with E-state index in [1.807, 2.05) is 36.1 Å². The standard InChI is InChI=1S/C22H26N4O3S/c1-14-18-20(23-10-15-5-3-7-17(9-15)29-2)24-13-25-21(18)30-19(14)22(28)26-8-4-6-16(11-26)12-27/h3,5,7,9,13,16,27H,4,6,8,10-12H2,1-2H3,(H,23,24,25). The Morgan fingerprint density at radius 3 is 3.07 bits per heavy atom. The first-order valence-corrected chi connectivity index (χ1v) is 10.9. The number of carbonyl (C=O) groups excluding carboxylic acids is 1. The highest BCUT2D eigenvalue weighted by Gasteiger charge is 2.27. The highest BCUT2D eigenvalue weighted by atomic mass is 32.1. The van der Waals surface area contributed by atoms with Gasteiger partial charge in [0.1, 0.15) is 22.7 Å². The molecule has 8 heteroatoms. The first-order chi connectivity index (χ1) is 14.6. The summed E-state index contributed by atoms with van der Waals surface area (Å²) >= 11 is 1.41. The lowest BCUT2D eigenvalue weighted by atomic mass is 9.99. The maximum absolute atomic E-state index is 13.2. The zero-order valence-corrected chi connectivity index (χ0v) is 18.0. The smallest absolute Gasteiger partial charge is 0.264 e. The van der Waals surface area contributed by atoms with Crippen LogP contribution in [0.4, 0.5) is 5.82 Å². The van der Waals surface area contributed by atoms with Gasteiger partial charge in [0.25, 0.3) is 5.91 Å². The number of piperidine rings is 1. The lowest BCUT2D eigenvalue weighted by Gasteiger charge is -2.31. The number of fused-ring (bicyclic) bond motifs is 1. The number of aliphatic hydroxyl groups excluding tert-OH is 1. The molecule has 1 aliphatic rings. The monoisotopic (exact) mass is 426 g/mol. The zero-order chi connectivity index (χ0) is 21.1. The van der Waals surface area contributed by atoms with Gasteiger partial charge in [0.2, 0.25) is 0 Å². The molecule has 30 heavy (non-hydrogen) atoms. The summed E-state index contributed by atoms with van der Waals surface area (Å²) in [5.41, 5.74) is 1.98. The number of aryl methyl sites for hydroxylation is 1. The van der Waals surface area contributed by atoms with Crippen molar-refractivity contribution in [3.63, 3.8) is 0 Å². The van der Waals surface area contributed by atoms with Crippen LogP contribution in [0.15, 0.2) is 30.6 Å². The van der Waals surface area contributed by atoms with E-state index >= 15 is 0 Å². The number of hydrogen-bond acceptors (Lipinski definition) is 7. The highest BCUT2D eigenvalue weighted by Crippen LogP contribution is 2.35. The summed E-state index contributed by atoms with van der Waals surface area (Å²) in [5, 5.41) is 13.8. The van der Waals surface area contributed by atoms with Crippen molar-refractivity contribution in [2.75, 3.05) is 32.1 Å². The molecule has 1 fully saturated rings. The molecular formula is C22H26N4O3S. The Kier molecular flexibility index (Phi) is 6.15. The van der Waals surface area contributed by atoms with Crippen molar-refractivity contribution in [2.45, 2.75) is 26.3 Å². The second kappa shape index (κ2) is 8.97. The van der Waals surface area contributed by atoms with Gasteiger partial charge in [-0.3, -0.25) is 4.79 Å². The third kappa shape index (κ3) is 4.11. The maximum Gasteiger partial charge on any atom is 0.264 e. The summed E-state index contributed by atoms with van der Waals surface area (Å²) in [4.78, 5) is 25.4. The Morgan fingerprint density at radius 1 is 1.40 bits per heavy atom. The van der Waals surface area contributed by atoms with E-state index in [0.717, 1.165) is 52.3 Å². The van der Waals surface area contributed by atoms with E-state index in [-0.39, 0.29) is 18.4 Å². The third-order valence-electron chi connectivity index (χ3n) is 5.58. The number of hydrogen-bond donors (Lipinski definition) is 2. The van der Waals surface area contributed by atoms with Crippen molar-refractivity contribution < 1.29 is 14.6 Å². The number of amides is 1. The number of rotatable bonds is 6. The van der Waals surface area contributed by atoms with Gasteiger partial charge in [0, 0.05) is 26.2 Å². The van der Waals surface area contributed by atoms with Crippen LogP contribution in [0.5, 0.6) is 5.75 Å². The number of ether oxygens (including phenoxy) is 1. The van der Waals surface area contributed by atoms with Crippen LogP contribution >= 0.6 is 11.3 Å². The van der Waals surface area contributed by atoms with Gasteiger partial charge in [-0.1, -0.05) is 12.1 Å². The van der Waals surface area contributed by atoms with Crippen molar-refractivity contribution in [3.8, 4) is 5.75 Å². The molecule has 0 radical (unpaired) electrons. The average Bonchev–Trinajstić information content (AvgIpc) is 3.14. The molecule has 2 N–H and O–H groups in total. The summed E-state index contributed by atoms with van der Waals surface area (Å²) < 4.78 is 5.29. The Hall–Kier alpha value is -2.71. The minimum Gasteiger partial charge on any atom is -0.497 e. The second-order valence-corrected chi connectivity index (χ2v) is 8.60. The molecule has 2 aromatic heterocycles. The SMILES string of the molecule is COc1cccc(CNc2ncnc3sc(C(=O)N4CCCC(CO)C4)c(C)c23)c1. The maximum atomic E-state index is 13.2. The quantitative estimate of drug-likeness (QED) is 0.628. The fourth-order valence-corrected chi connectivity index (χ4v) is 5.04. The summed E-state index contributed by atoms with van der Waals surface area (Å²) in [6.45, 7) is 4.01. The summed E-state index contributed by atoms with van der Waals surface area (Å²) in [6.07, 6.45) is 3.42. The van der Waals surface area contributed by atoms with Crippen molar-refractivity contribution in [3.05, 3.63) is 46.6 Å². The van der Waals surface area contributed by atoms with Crippen molar-refractivity contribution in [2.24, 2.45) is 5.92 Å². The molecule has 7 nitrogen and oxygen atoms in total. The van der Waals surface area contributed by atoms with E-state index in [9.17, 15) is 9.90 Å². The number of nitrogens with one attached hydrogen (secondary N) is 1. The summed E-state index contributed by atoms with van der Waals surface area (Å²) in [7, 11) is 1.65. The molecule has 1 atom stereocenters. The Balaban J connectivity index is 1.59. The molecule has 1 saturated heterocycles. The van der Waals surface area contributed by atoms with E-state index in [1.54, 1.807) is 7.11 Å². The Labute approximate surface area is 179 Å². The van der Waals surface area contributed by atoms with E-state index in [4.69, 9.17) is 4.74 Å². The van der Waals surface area contributed by atoms with Crippen LogP contribution in [0.25, 0.3) is 10.2 Å². The molecule has 0 saturated carbocycles. The molecule has 3 aromatic rings. The number of nitrogens with zero attached hydrogens (tertiary/aromatic N) is 3. The number of carbonyl (C=O) groups is 1. The van der Waals surface area contributed by atoms with Gasteiger partial charge in [0.15, 0.2) is 0 Å². The number of thiophene rings is 1. The van der Waals surface area contributed by atoms with Gasteiger partial charge in [0.05, 0.1) is 17.4 Å². The fourth-order valence-electron chi connectivity index (χ4n) is 3.92. The van der Waals surface area contributed by atoms with Crippen LogP contribution in [0.2, 0.25) is 0 Å². The predicted octanol–water partition coefficient (Wildman–Crippen LogP) is 3.46. The van der Waals surface area contributed by atoms with Crippen molar-refractivity contribution in [1.29, 1.82) is 0 Å². The van der Waals surface area contributed by atoms with Crippen LogP contribution < -0.4 is 10.1 Å². The molecule has 158 valence electrons. The van der Waals surface area contributed by atoms with Crippen LogP contribution in [0.1, 0.15) is 33.6 Å². The van der Waals surface area contributed by atoms with Crippen molar-refractivity contribution in [1.82, 2.24) is 14.9 Å². The van der Waals surface area contributed by atoms with E-state index in [2.05, 4.69) is 15.3 Å². The Morgan fingerprint density at radius 2 is 2.27 bits per heavy atom. The molecule has 0 bridgehead atoms. The number of benzene rings is 1. The molecule has 3 heterocycles. The van der Waals surface area contributed by atoms with Crippen molar-refractivity contribution >= 4 is 33.3 Å². The molecular weight excluding hydrogens is 400 g/mol. The van der Waals surface area contributed by atoms with Gasteiger partial charge < -0.3 is 20.1 Å². The number of aromatic nitrogens is 2. The van der Waals surface area contributed by atoms with Gasteiger partial charge in [-0.2, -0.15) is 0 Å². The van der Waals surface area contributed by atoms with E-state index in [1.165, 1.54) is 17.7 Å². The first-order valence-electron chi connectivity index (χ1n) is 10.1. The molecule has 4 rings (SSSR count). The molecule has 1 aromatic carbocycles. The molecule has 1 amide bonds. The second-order valence-electron chi connectivity index (χ2n) is 7.61. The normalized spacial score (nSPS) is 16.6. The van der Waals surface area contributed by atoms with Crippen LogP contribution in [-0.2, 0) is 6.54 Å². The zero-order valence-electron chi connectivity index (χ0n) is 17.2. The van der Waals surface area contributed by atoms with Crippen LogP contribution in [0, 0.1) is 12.8 Å². The van der Waals surface area contributed by atoms with E-state index < -0.39 is 0 Å². The molecule has 1 aliphatic heterocycles. The lowest BCUT2D eigenvalue weighted by molar-refractivity contribution is 0.0625. The van der Waals surface area contributed by atoms with Crippen LogP contribution in [-0.4, -0.2) is 52.7 Å². The average molecular weight is 427 g/mol. The predicted molar refractivity (Wildman–Crippen MR) is 118 cm³/mol. The third-order valence-corrected chi connectivity index (χ3v) is 6.77. The van der Waals surface area contributed by atoms with Gasteiger partial charge >= 0.3 is 0 Å². The molecule has 1 unspecified atom stereocenters. The lowest BCUT2D eigenvalue weighted by Crippen LogP contribution is -2.40. The Bertz CT molecular complexity index is 1050. The number of likely N-dealkylation sites (tertiary alicyclic amines) is 1. The van der Waals surface area contributed by atoms with Crippen LogP contribution in [0.3, 0.4) is 0 Å². The molecule has 0 spiro atoms. The largest absolute Gasteiger partial charge is 0.497 e. The number of aliphatic hydroxyl groups is 1. The number of anilines is 1. The summed E-state index contributed by atoms with van der Waals surface area (Å²) in [6, 6.07) is 7.87. The molecule has 0 aliphatic carbocycles.